The molecule has 0 amide bonds. The van der Waals surface area contributed by atoms with Crippen LogP contribution in [-0.4, -0.2) is 11.0 Å². The van der Waals surface area contributed by atoms with Crippen molar-refractivity contribution in [1.29, 1.82) is 0 Å². The maximum Gasteiger partial charge on any atom is 0.402 e. The molecule has 0 heterocycles. The van der Waals surface area contributed by atoms with Crippen LogP contribution in [0.3, 0.4) is 0 Å². The van der Waals surface area contributed by atoms with E-state index in [1.807, 2.05) is 0 Å². The standard InChI is InChI=1S/C3H2Br2F3/c4-1-2(5)3(6,7)8/h1-2H. The average molecular weight is 255 g/mol. The Bertz CT molecular complexity index is 69.4. The van der Waals surface area contributed by atoms with E-state index >= 15 is 0 Å². The van der Waals surface area contributed by atoms with E-state index in [0.717, 1.165) is 5.33 Å². The van der Waals surface area contributed by atoms with E-state index < -0.39 is 11.0 Å². The van der Waals surface area contributed by atoms with Crippen molar-refractivity contribution in [2.24, 2.45) is 0 Å². The summed E-state index contributed by atoms with van der Waals surface area (Å²) in [6, 6.07) is 0. The monoisotopic (exact) mass is 253 g/mol. The van der Waals surface area contributed by atoms with Crippen LogP contribution < -0.4 is 0 Å². The molecule has 0 rings (SSSR count). The summed E-state index contributed by atoms with van der Waals surface area (Å²) < 4.78 is 34.0. The Morgan fingerprint density at radius 2 is 1.75 bits per heavy atom. The molecule has 0 nitrogen and oxygen atoms in total. The molecule has 0 aliphatic carbocycles. The highest BCUT2D eigenvalue weighted by Crippen LogP contribution is 2.29. The van der Waals surface area contributed by atoms with Gasteiger partial charge in [0.15, 0.2) is 0 Å². The minimum Gasteiger partial charge on any atom is -0.170 e. The Balaban J connectivity index is 3.62. The Morgan fingerprint density at radius 1 is 1.38 bits per heavy atom. The van der Waals surface area contributed by atoms with Crippen molar-refractivity contribution in [3.63, 3.8) is 0 Å². The van der Waals surface area contributed by atoms with Crippen molar-refractivity contribution in [1.82, 2.24) is 0 Å². The summed E-state index contributed by atoms with van der Waals surface area (Å²) in [7, 11) is 0. The first-order valence-electron chi connectivity index (χ1n) is 1.63. The highest BCUT2D eigenvalue weighted by atomic mass is 79.9. The molecular weight excluding hydrogens is 253 g/mol. The van der Waals surface area contributed by atoms with Gasteiger partial charge in [-0.25, -0.2) is 0 Å². The Kier molecular flexibility index (Phi) is 3.34. The van der Waals surface area contributed by atoms with Crippen molar-refractivity contribution in [3.8, 4) is 0 Å². The quantitative estimate of drug-likeness (QED) is 0.632. The van der Waals surface area contributed by atoms with Crippen LogP contribution >= 0.6 is 31.9 Å². The van der Waals surface area contributed by atoms with Crippen molar-refractivity contribution in [2.75, 3.05) is 0 Å². The van der Waals surface area contributed by atoms with Gasteiger partial charge in [-0.1, -0.05) is 31.9 Å². The Hall–Kier alpha value is 0.750. The normalized spacial score (nSPS) is 16.1. The van der Waals surface area contributed by atoms with Crippen LogP contribution in [0.15, 0.2) is 0 Å². The van der Waals surface area contributed by atoms with Crippen LogP contribution in [-0.2, 0) is 0 Å². The fraction of sp³-hybridized carbons (Fsp3) is 0.667. The van der Waals surface area contributed by atoms with Crippen molar-refractivity contribution in [3.05, 3.63) is 5.33 Å². The molecule has 49 valence electrons. The second kappa shape index (κ2) is 3.06. The van der Waals surface area contributed by atoms with Crippen LogP contribution in [0.2, 0.25) is 0 Å². The van der Waals surface area contributed by atoms with Crippen molar-refractivity contribution in [2.45, 2.75) is 11.0 Å². The predicted molar refractivity (Wildman–Crippen MR) is 32.0 cm³/mol. The van der Waals surface area contributed by atoms with E-state index in [1.165, 1.54) is 0 Å². The largest absolute Gasteiger partial charge is 0.402 e. The van der Waals surface area contributed by atoms with Gasteiger partial charge in [0.1, 0.15) is 4.83 Å². The fourth-order valence-corrected chi connectivity index (χ4v) is 0.371. The SMILES string of the molecule is FC(F)(F)C(Br)[CH]Br. The van der Waals surface area contributed by atoms with Crippen LogP contribution in [0, 0.1) is 5.33 Å². The molecule has 8 heavy (non-hydrogen) atoms. The summed E-state index contributed by atoms with van der Waals surface area (Å²) >= 11 is 4.93. The molecule has 0 saturated carbocycles. The second-order valence-corrected chi connectivity index (χ2v) is 2.58. The topological polar surface area (TPSA) is 0 Å². The van der Waals surface area contributed by atoms with Gasteiger partial charge in [0.05, 0.1) is 0 Å². The number of rotatable bonds is 1. The minimum atomic E-state index is -4.18. The highest BCUT2D eigenvalue weighted by Gasteiger charge is 2.36. The molecule has 5 heteroatoms. The first-order chi connectivity index (χ1) is 3.48. The minimum absolute atomic E-state index is 0.854. The van der Waals surface area contributed by atoms with E-state index in [1.54, 1.807) is 0 Å². The third kappa shape index (κ3) is 2.91. The van der Waals surface area contributed by atoms with Gasteiger partial charge in [-0.15, -0.1) is 0 Å². The molecule has 0 aromatic heterocycles. The average Bonchev–Trinajstić information content (AvgIpc) is 1.62. The van der Waals surface area contributed by atoms with Crippen molar-refractivity contribution >= 4 is 31.9 Å². The zero-order chi connectivity index (χ0) is 6.78. The summed E-state index contributed by atoms with van der Waals surface area (Å²) in [5.41, 5.74) is 0. The lowest BCUT2D eigenvalue weighted by molar-refractivity contribution is -0.119. The zero-order valence-corrected chi connectivity index (χ0v) is 6.72. The molecular formula is C3H2Br2F3. The van der Waals surface area contributed by atoms with Crippen molar-refractivity contribution < 1.29 is 13.2 Å². The summed E-state index contributed by atoms with van der Waals surface area (Å²) in [5.74, 6) is 0. The molecule has 0 N–H and O–H groups in total. The van der Waals surface area contributed by atoms with Crippen LogP contribution in [0.5, 0.6) is 0 Å². The van der Waals surface area contributed by atoms with Gasteiger partial charge in [-0.05, 0) is 0 Å². The number of halogens is 5. The molecule has 0 aliphatic rings. The molecule has 0 fully saturated rings. The van der Waals surface area contributed by atoms with Crippen LogP contribution in [0.25, 0.3) is 0 Å². The maximum absolute atomic E-state index is 11.3. The lowest BCUT2D eigenvalue weighted by Gasteiger charge is -2.08. The Labute approximate surface area is 61.7 Å². The second-order valence-electron chi connectivity index (χ2n) is 1.07. The van der Waals surface area contributed by atoms with Gasteiger partial charge in [-0.2, -0.15) is 13.2 Å². The van der Waals surface area contributed by atoms with Gasteiger partial charge in [0.25, 0.3) is 0 Å². The molecule has 0 aliphatic heterocycles. The smallest absolute Gasteiger partial charge is 0.170 e. The van der Waals surface area contributed by atoms with E-state index in [0.29, 0.717) is 0 Å². The third-order valence-corrected chi connectivity index (χ3v) is 2.44. The summed E-state index contributed by atoms with van der Waals surface area (Å²) in [4.78, 5) is -1.55. The van der Waals surface area contributed by atoms with Gasteiger partial charge in [0, 0.05) is 5.33 Å². The lowest BCUT2D eigenvalue weighted by atomic mass is 10.5. The number of alkyl halides is 4. The zero-order valence-electron chi connectivity index (χ0n) is 3.54. The number of hydrogen-bond acceptors (Lipinski definition) is 0. The molecule has 0 saturated heterocycles. The molecule has 1 radical (unpaired) electrons. The van der Waals surface area contributed by atoms with Crippen LogP contribution in [0.1, 0.15) is 0 Å². The molecule has 0 aromatic carbocycles. The van der Waals surface area contributed by atoms with Gasteiger partial charge >= 0.3 is 6.18 Å². The van der Waals surface area contributed by atoms with Gasteiger partial charge in [0.2, 0.25) is 0 Å². The van der Waals surface area contributed by atoms with Crippen LogP contribution in [0.4, 0.5) is 13.2 Å². The molecule has 0 bridgehead atoms. The molecule has 0 aromatic rings. The maximum atomic E-state index is 11.3. The summed E-state index contributed by atoms with van der Waals surface area (Å²) in [6.07, 6.45) is -4.18. The summed E-state index contributed by atoms with van der Waals surface area (Å²) in [5, 5.41) is 0.854. The van der Waals surface area contributed by atoms with E-state index in [9.17, 15) is 13.2 Å². The Morgan fingerprint density at radius 3 is 1.75 bits per heavy atom. The first-order valence-corrected chi connectivity index (χ1v) is 3.46. The van der Waals surface area contributed by atoms with E-state index in [2.05, 4.69) is 31.9 Å². The molecule has 1 atom stereocenters. The molecule has 1 unspecified atom stereocenters. The van der Waals surface area contributed by atoms with E-state index in [-0.39, 0.29) is 0 Å². The molecule has 0 spiro atoms. The first kappa shape index (κ1) is 8.75. The third-order valence-electron chi connectivity index (χ3n) is 0.423. The van der Waals surface area contributed by atoms with Gasteiger partial charge < -0.3 is 0 Å². The van der Waals surface area contributed by atoms with E-state index in [4.69, 9.17) is 0 Å². The fourth-order valence-electron chi connectivity index (χ4n) is 0.0714. The lowest BCUT2D eigenvalue weighted by Crippen LogP contribution is -2.21. The van der Waals surface area contributed by atoms with Gasteiger partial charge in [-0.3, -0.25) is 0 Å². The highest BCUT2D eigenvalue weighted by molar-refractivity contribution is 9.13. The predicted octanol–water partition coefficient (Wildman–Crippen LogP) is 2.87. The summed E-state index contributed by atoms with van der Waals surface area (Å²) in [6.45, 7) is 0. The number of hydrogen-bond donors (Lipinski definition) is 0.